The van der Waals surface area contributed by atoms with Gasteiger partial charge in [-0.3, -0.25) is 14.4 Å². The molecule has 0 bridgehead atoms. The molecule has 136 valence electrons. The Morgan fingerprint density at radius 3 is 2.54 bits per heavy atom. The maximum Gasteiger partial charge on any atom is 0.316 e. The summed E-state index contributed by atoms with van der Waals surface area (Å²) in [5.74, 6) is -1.57. The number of thioether (sulfide) groups is 1. The summed E-state index contributed by atoms with van der Waals surface area (Å²) in [4.78, 5) is 36.1. The second kappa shape index (κ2) is 9.05. The molecular formula is C19H20N2O4S. The average Bonchev–Trinajstić information content (AvgIpc) is 2.59. The lowest BCUT2D eigenvalue weighted by Gasteiger charge is -2.10. The molecule has 0 heterocycles. The monoisotopic (exact) mass is 372 g/mol. The summed E-state index contributed by atoms with van der Waals surface area (Å²) in [6, 6.07) is 12.3. The predicted molar refractivity (Wildman–Crippen MR) is 101 cm³/mol. The fraction of sp³-hybridized carbons (Fsp3) is 0.211. The molecule has 0 spiro atoms. The number of primary amides is 1. The molecule has 2 amide bonds. The van der Waals surface area contributed by atoms with Gasteiger partial charge in [0.05, 0.1) is 17.0 Å². The fourth-order valence-electron chi connectivity index (χ4n) is 2.28. The quantitative estimate of drug-likeness (QED) is 0.575. The average molecular weight is 372 g/mol. The number of nitrogens with two attached hydrogens (primary N) is 1. The van der Waals surface area contributed by atoms with Crippen LogP contribution in [-0.2, 0) is 14.3 Å². The minimum Gasteiger partial charge on any atom is -0.455 e. The van der Waals surface area contributed by atoms with Crippen molar-refractivity contribution in [3.05, 3.63) is 59.2 Å². The standard InChI is InChI=1S/C19H20N2O4S/c1-12-7-8-16(13(2)9-12)26-11-18(23)25-10-17(22)21-15-6-4-3-5-14(15)19(20)24/h3-9H,10-11H2,1-2H3,(H2,20,24)(H,21,22). The molecule has 0 unspecified atom stereocenters. The van der Waals surface area contributed by atoms with E-state index in [1.165, 1.54) is 17.8 Å². The van der Waals surface area contributed by atoms with Gasteiger partial charge in [0.25, 0.3) is 11.8 Å². The summed E-state index contributed by atoms with van der Waals surface area (Å²) in [6.07, 6.45) is 0. The normalized spacial score (nSPS) is 10.2. The van der Waals surface area contributed by atoms with E-state index >= 15 is 0 Å². The van der Waals surface area contributed by atoms with E-state index in [4.69, 9.17) is 10.5 Å². The number of ether oxygens (including phenoxy) is 1. The number of para-hydroxylation sites is 1. The van der Waals surface area contributed by atoms with Gasteiger partial charge >= 0.3 is 5.97 Å². The van der Waals surface area contributed by atoms with Crippen LogP contribution in [0.15, 0.2) is 47.4 Å². The number of carbonyl (C=O) groups excluding carboxylic acids is 3. The Morgan fingerprint density at radius 1 is 1.12 bits per heavy atom. The smallest absolute Gasteiger partial charge is 0.316 e. The van der Waals surface area contributed by atoms with Crippen LogP contribution in [0.1, 0.15) is 21.5 Å². The Balaban J connectivity index is 1.82. The Kier molecular flexibility index (Phi) is 6.80. The van der Waals surface area contributed by atoms with Crippen molar-refractivity contribution >= 4 is 35.2 Å². The van der Waals surface area contributed by atoms with Crippen molar-refractivity contribution in [1.29, 1.82) is 0 Å². The van der Waals surface area contributed by atoms with Gasteiger partial charge in [0.15, 0.2) is 6.61 Å². The Hall–Kier alpha value is -2.80. The maximum atomic E-state index is 11.9. The first-order valence-electron chi connectivity index (χ1n) is 7.91. The van der Waals surface area contributed by atoms with E-state index in [9.17, 15) is 14.4 Å². The Labute approximate surface area is 156 Å². The van der Waals surface area contributed by atoms with Crippen LogP contribution < -0.4 is 11.1 Å². The van der Waals surface area contributed by atoms with Gasteiger partial charge in [-0.25, -0.2) is 0 Å². The zero-order chi connectivity index (χ0) is 19.1. The molecule has 0 radical (unpaired) electrons. The van der Waals surface area contributed by atoms with Crippen molar-refractivity contribution in [3.8, 4) is 0 Å². The summed E-state index contributed by atoms with van der Waals surface area (Å²) in [5.41, 5.74) is 7.97. The van der Waals surface area contributed by atoms with Crippen molar-refractivity contribution in [1.82, 2.24) is 0 Å². The van der Waals surface area contributed by atoms with E-state index in [-0.39, 0.29) is 17.0 Å². The Morgan fingerprint density at radius 2 is 1.85 bits per heavy atom. The number of amides is 2. The first-order valence-corrected chi connectivity index (χ1v) is 8.89. The molecule has 0 aliphatic carbocycles. The topological polar surface area (TPSA) is 98.5 Å². The van der Waals surface area contributed by atoms with E-state index < -0.39 is 24.4 Å². The zero-order valence-electron chi connectivity index (χ0n) is 14.6. The summed E-state index contributed by atoms with van der Waals surface area (Å²) in [6.45, 7) is 3.55. The number of esters is 1. The third kappa shape index (κ3) is 5.63. The van der Waals surface area contributed by atoms with Gasteiger partial charge in [0.2, 0.25) is 0 Å². The van der Waals surface area contributed by atoms with E-state index in [1.807, 2.05) is 32.0 Å². The van der Waals surface area contributed by atoms with Gasteiger partial charge in [-0.15, -0.1) is 11.8 Å². The predicted octanol–water partition coefficient (Wildman–Crippen LogP) is 2.68. The van der Waals surface area contributed by atoms with Gasteiger partial charge in [0, 0.05) is 4.90 Å². The molecule has 2 aromatic carbocycles. The fourth-order valence-corrected chi connectivity index (χ4v) is 3.09. The minimum absolute atomic E-state index is 0.106. The molecule has 2 rings (SSSR count). The summed E-state index contributed by atoms with van der Waals surface area (Å²) in [5, 5.41) is 2.51. The lowest BCUT2D eigenvalue weighted by atomic mass is 10.1. The lowest BCUT2D eigenvalue weighted by Crippen LogP contribution is -2.23. The van der Waals surface area contributed by atoms with Crippen LogP contribution in [0.4, 0.5) is 5.69 Å². The largest absolute Gasteiger partial charge is 0.455 e. The highest BCUT2D eigenvalue weighted by atomic mass is 32.2. The van der Waals surface area contributed by atoms with Crippen molar-refractivity contribution in [2.45, 2.75) is 18.7 Å². The van der Waals surface area contributed by atoms with Gasteiger partial charge in [-0.2, -0.15) is 0 Å². The van der Waals surface area contributed by atoms with Crippen LogP contribution in [0.2, 0.25) is 0 Å². The second-order valence-electron chi connectivity index (χ2n) is 5.68. The highest BCUT2D eigenvalue weighted by Gasteiger charge is 2.13. The molecule has 0 atom stereocenters. The van der Waals surface area contributed by atoms with E-state index in [0.717, 1.165) is 16.0 Å². The molecular weight excluding hydrogens is 352 g/mol. The van der Waals surface area contributed by atoms with Crippen molar-refractivity contribution in [2.75, 3.05) is 17.7 Å². The highest BCUT2D eigenvalue weighted by molar-refractivity contribution is 8.00. The molecule has 7 heteroatoms. The third-order valence-electron chi connectivity index (χ3n) is 3.51. The number of benzene rings is 2. The molecule has 0 aromatic heterocycles. The van der Waals surface area contributed by atoms with Gasteiger partial charge in [0.1, 0.15) is 0 Å². The first-order chi connectivity index (χ1) is 12.4. The molecule has 0 fully saturated rings. The number of anilines is 1. The van der Waals surface area contributed by atoms with Crippen molar-refractivity contribution in [2.24, 2.45) is 5.73 Å². The summed E-state index contributed by atoms with van der Waals surface area (Å²) >= 11 is 1.36. The number of hydrogen-bond acceptors (Lipinski definition) is 5. The minimum atomic E-state index is -0.650. The molecule has 2 aromatic rings. The SMILES string of the molecule is Cc1ccc(SCC(=O)OCC(=O)Nc2ccccc2C(N)=O)c(C)c1. The maximum absolute atomic E-state index is 11.9. The molecule has 0 aliphatic heterocycles. The van der Waals surface area contributed by atoms with Crippen molar-refractivity contribution < 1.29 is 19.1 Å². The van der Waals surface area contributed by atoms with E-state index in [0.29, 0.717) is 0 Å². The molecule has 3 N–H and O–H groups in total. The van der Waals surface area contributed by atoms with Crippen LogP contribution in [0.3, 0.4) is 0 Å². The third-order valence-corrected chi connectivity index (χ3v) is 4.66. The highest BCUT2D eigenvalue weighted by Crippen LogP contribution is 2.23. The summed E-state index contributed by atoms with van der Waals surface area (Å²) in [7, 11) is 0. The number of hydrogen-bond donors (Lipinski definition) is 2. The molecule has 26 heavy (non-hydrogen) atoms. The number of carbonyl (C=O) groups is 3. The molecule has 0 saturated heterocycles. The van der Waals surface area contributed by atoms with Crippen LogP contribution >= 0.6 is 11.8 Å². The van der Waals surface area contributed by atoms with Crippen molar-refractivity contribution in [3.63, 3.8) is 0 Å². The van der Waals surface area contributed by atoms with E-state index in [1.54, 1.807) is 18.2 Å². The number of aryl methyl sites for hydroxylation is 2. The number of nitrogens with one attached hydrogen (secondary N) is 1. The van der Waals surface area contributed by atoms with Crippen LogP contribution in [-0.4, -0.2) is 30.1 Å². The van der Waals surface area contributed by atoms with E-state index in [2.05, 4.69) is 5.32 Å². The van der Waals surface area contributed by atoms with Gasteiger partial charge < -0.3 is 15.8 Å². The second-order valence-corrected chi connectivity index (χ2v) is 6.69. The molecule has 0 saturated carbocycles. The lowest BCUT2D eigenvalue weighted by molar-refractivity contribution is -0.144. The van der Waals surface area contributed by atoms with Crippen LogP contribution in [0, 0.1) is 13.8 Å². The molecule has 0 aliphatic rings. The van der Waals surface area contributed by atoms with Gasteiger partial charge in [-0.05, 0) is 37.6 Å². The summed E-state index contributed by atoms with van der Waals surface area (Å²) < 4.78 is 4.97. The van der Waals surface area contributed by atoms with Gasteiger partial charge in [-0.1, -0.05) is 29.8 Å². The number of rotatable bonds is 7. The van der Waals surface area contributed by atoms with Crippen LogP contribution in [0.5, 0.6) is 0 Å². The molecule has 6 nitrogen and oxygen atoms in total. The van der Waals surface area contributed by atoms with Crippen LogP contribution in [0.25, 0.3) is 0 Å². The first kappa shape index (κ1) is 19.5. The zero-order valence-corrected chi connectivity index (χ0v) is 15.4. The Bertz CT molecular complexity index is 836.